The van der Waals surface area contributed by atoms with Crippen molar-refractivity contribution in [2.75, 3.05) is 0 Å². The Morgan fingerprint density at radius 3 is 1.43 bits per heavy atom. The average molecular weight is 733 g/mol. The normalized spacial score (nSPS) is 11.6. The molecule has 8 aromatic carbocycles. The lowest BCUT2D eigenvalue weighted by Gasteiger charge is -2.11. The van der Waals surface area contributed by atoms with Gasteiger partial charge in [-0.15, -0.1) is 11.3 Å². The highest BCUT2D eigenvalue weighted by atomic mass is 32.1. The van der Waals surface area contributed by atoms with Crippen molar-refractivity contribution in [3.05, 3.63) is 194 Å². The molecule has 56 heavy (non-hydrogen) atoms. The summed E-state index contributed by atoms with van der Waals surface area (Å²) in [7, 11) is 0. The zero-order valence-electron chi connectivity index (χ0n) is 30.2. The number of para-hydroxylation sites is 2. The maximum atomic E-state index is 5.11. The van der Waals surface area contributed by atoms with Gasteiger partial charge in [-0.3, -0.25) is 0 Å². The first-order valence-electron chi connectivity index (χ1n) is 18.8. The van der Waals surface area contributed by atoms with E-state index in [9.17, 15) is 0 Å². The highest BCUT2D eigenvalue weighted by molar-refractivity contribution is 7.25. The third kappa shape index (κ3) is 5.56. The molecule has 0 aliphatic rings. The molecule has 0 saturated heterocycles. The molecule has 0 N–H and O–H groups in total. The summed E-state index contributed by atoms with van der Waals surface area (Å²) in [6.07, 6.45) is 0. The molecule has 5 heteroatoms. The van der Waals surface area contributed by atoms with Crippen molar-refractivity contribution >= 4 is 53.3 Å². The van der Waals surface area contributed by atoms with E-state index in [1.165, 1.54) is 47.5 Å². The van der Waals surface area contributed by atoms with E-state index < -0.39 is 0 Å². The number of hydrogen-bond acceptors (Lipinski definition) is 4. The molecule has 4 nitrogen and oxygen atoms in total. The van der Waals surface area contributed by atoms with Crippen LogP contribution >= 0.6 is 11.3 Å². The lowest BCUT2D eigenvalue weighted by molar-refractivity contribution is 1.07. The lowest BCUT2D eigenvalue weighted by Crippen LogP contribution is -2.00. The molecule has 11 aromatic rings. The van der Waals surface area contributed by atoms with Gasteiger partial charge in [0.25, 0.3) is 0 Å². The number of fused-ring (bicyclic) bond motifs is 6. The number of benzene rings is 8. The van der Waals surface area contributed by atoms with Crippen molar-refractivity contribution < 1.29 is 0 Å². The van der Waals surface area contributed by atoms with Crippen LogP contribution in [-0.4, -0.2) is 19.5 Å². The summed E-state index contributed by atoms with van der Waals surface area (Å²) in [6.45, 7) is 0. The van der Waals surface area contributed by atoms with Crippen LogP contribution in [0.25, 0.3) is 104 Å². The van der Waals surface area contributed by atoms with Gasteiger partial charge in [-0.2, -0.15) is 0 Å². The maximum absolute atomic E-state index is 5.11. The predicted molar refractivity (Wildman–Crippen MR) is 234 cm³/mol. The fraction of sp³-hybridized carbons (Fsp3) is 0. The third-order valence-electron chi connectivity index (χ3n) is 10.7. The second-order valence-electron chi connectivity index (χ2n) is 14.1. The summed E-state index contributed by atoms with van der Waals surface area (Å²) in [5.74, 6) is 1.93. The van der Waals surface area contributed by atoms with E-state index >= 15 is 0 Å². The van der Waals surface area contributed by atoms with Crippen LogP contribution in [0.15, 0.2) is 194 Å². The second kappa shape index (κ2) is 13.3. The number of nitrogens with zero attached hydrogens (tertiary/aromatic N) is 4. The van der Waals surface area contributed by atoms with Crippen LogP contribution in [0.3, 0.4) is 0 Å². The van der Waals surface area contributed by atoms with E-state index in [0.29, 0.717) is 17.5 Å². The average Bonchev–Trinajstić information content (AvgIpc) is 3.82. The Hall–Kier alpha value is -7.21. The quantitative estimate of drug-likeness (QED) is 0.171. The van der Waals surface area contributed by atoms with Gasteiger partial charge in [-0.05, 0) is 58.7 Å². The first kappa shape index (κ1) is 32.2. The van der Waals surface area contributed by atoms with E-state index in [1.807, 2.05) is 6.07 Å². The zero-order chi connectivity index (χ0) is 37.0. The first-order chi connectivity index (χ1) is 27.7. The summed E-state index contributed by atoms with van der Waals surface area (Å²) in [5.41, 5.74) is 11.0. The number of hydrogen-bond donors (Lipinski definition) is 0. The van der Waals surface area contributed by atoms with Crippen LogP contribution in [0, 0.1) is 0 Å². The Kier molecular flexibility index (Phi) is 7.64. The Balaban J connectivity index is 0.991. The van der Waals surface area contributed by atoms with Gasteiger partial charge in [0, 0.05) is 53.3 Å². The fourth-order valence-electron chi connectivity index (χ4n) is 7.91. The van der Waals surface area contributed by atoms with Gasteiger partial charge in [0.2, 0.25) is 0 Å². The molecule has 3 heterocycles. The van der Waals surface area contributed by atoms with Crippen LogP contribution in [0.4, 0.5) is 0 Å². The molecule has 0 fully saturated rings. The van der Waals surface area contributed by atoms with Crippen LogP contribution < -0.4 is 0 Å². The standard InChI is InChI=1S/C51H32N4S/c1-2-11-33(12-3-1)34-21-25-36(26-22-34)49-52-50(54-51(53-49)39-29-30-44-43-17-6-9-20-47(43)56-48(44)32-39)37-27-23-35(24-28-37)38-13-10-14-40(31-38)55-45-18-7-4-15-41(45)42-16-5-8-19-46(42)55/h1-32H. The molecule has 0 atom stereocenters. The van der Waals surface area contributed by atoms with Crippen LogP contribution in [-0.2, 0) is 0 Å². The summed E-state index contributed by atoms with van der Waals surface area (Å²) in [5, 5.41) is 5.03. The number of rotatable bonds is 6. The topological polar surface area (TPSA) is 43.6 Å². The minimum atomic E-state index is 0.638. The summed E-state index contributed by atoms with van der Waals surface area (Å²) >= 11 is 1.80. The molecule has 0 saturated carbocycles. The minimum Gasteiger partial charge on any atom is -0.309 e. The Morgan fingerprint density at radius 1 is 0.304 bits per heavy atom. The van der Waals surface area contributed by atoms with Gasteiger partial charge in [0.05, 0.1) is 11.0 Å². The Morgan fingerprint density at radius 2 is 0.768 bits per heavy atom. The first-order valence-corrected chi connectivity index (χ1v) is 19.6. The molecular weight excluding hydrogens is 701 g/mol. The molecule has 0 amide bonds. The molecule has 0 radical (unpaired) electrons. The van der Waals surface area contributed by atoms with Crippen molar-refractivity contribution in [2.45, 2.75) is 0 Å². The molecule has 262 valence electrons. The molecule has 0 aliphatic heterocycles. The highest BCUT2D eigenvalue weighted by Gasteiger charge is 2.16. The fourth-order valence-corrected chi connectivity index (χ4v) is 9.05. The zero-order valence-corrected chi connectivity index (χ0v) is 31.0. The lowest BCUT2D eigenvalue weighted by atomic mass is 10.0. The van der Waals surface area contributed by atoms with Gasteiger partial charge in [-0.1, -0.05) is 158 Å². The SMILES string of the molecule is c1ccc(-c2ccc(-c3nc(-c4ccc(-c5cccc(-n6c7ccccc7c7ccccc76)c5)cc4)nc(-c4ccc5c(c4)sc4ccccc45)n3)cc2)cc1. The second-order valence-corrected chi connectivity index (χ2v) is 15.1. The van der Waals surface area contributed by atoms with Crippen molar-refractivity contribution in [2.24, 2.45) is 0 Å². The molecule has 3 aromatic heterocycles. The minimum absolute atomic E-state index is 0.638. The Labute approximate surface area is 327 Å². The molecule has 11 rings (SSSR count). The van der Waals surface area contributed by atoms with Crippen molar-refractivity contribution in [1.82, 2.24) is 19.5 Å². The van der Waals surface area contributed by atoms with Crippen LogP contribution in [0.1, 0.15) is 0 Å². The van der Waals surface area contributed by atoms with Gasteiger partial charge in [0.1, 0.15) is 0 Å². The smallest absolute Gasteiger partial charge is 0.164 e. The maximum Gasteiger partial charge on any atom is 0.164 e. The summed E-state index contributed by atoms with van der Waals surface area (Å²) in [6, 6.07) is 68.7. The molecule has 0 aliphatic carbocycles. The number of aromatic nitrogens is 4. The summed E-state index contributed by atoms with van der Waals surface area (Å²) < 4.78 is 4.85. The van der Waals surface area contributed by atoms with Gasteiger partial charge in [-0.25, -0.2) is 15.0 Å². The molecule has 0 bridgehead atoms. The van der Waals surface area contributed by atoms with E-state index in [2.05, 4.69) is 193 Å². The van der Waals surface area contributed by atoms with Gasteiger partial charge in [0.15, 0.2) is 17.5 Å². The van der Waals surface area contributed by atoms with E-state index in [1.54, 1.807) is 11.3 Å². The number of thiophene rings is 1. The molecular formula is C51H32N4S. The van der Waals surface area contributed by atoms with E-state index in [4.69, 9.17) is 15.0 Å². The van der Waals surface area contributed by atoms with E-state index in [-0.39, 0.29) is 0 Å². The largest absolute Gasteiger partial charge is 0.309 e. The van der Waals surface area contributed by atoms with Crippen molar-refractivity contribution in [1.29, 1.82) is 0 Å². The monoisotopic (exact) mass is 732 g/mol. The molecule has 0 spiro atoms. The Bertz CT molecular complexity index is 3180. The van der Waals surface area contributed by atoms with Crippen molar-refractivity contribution in [3.63, 3.8) is 0 Å². The van der Waals surface area contributed by atoms with Gasteiger partial charge < -0.3 is 4.57 Å². The molecule has 0 unspecified atom stereocenters. The summed E-state index contributed by atoms with van der Waals surface area (Å²) in [4.78, 5) is 15.3. The van der Waals surface area contributed by atoms with E-state index in [0.717, 1.165) is 39.1 Å². The van der Waals surface area contributed by atoms with Crippen LogP contribution in [0.5, 0.6) is 0 Å². The van der Waals surface area contributed by atoms with Crippen molar-refractivity contribution in [3.8, 4) is 62.1 Å². The third-order valence-corrected chi connectivity index (χ3v) is 11.8. The predicted octanol–water partition coefficient (Wildman–Crippen LogP) is 13.7. The van der Waals surface area contributed by atoms with Gasteiger partial charge >= 0.3 is 0 Å². The van der Waals surface area contributed by atoms with Crippen LogP contribution in [0.2, 0.25) is 0 Å². The highest BCUT2D eigenvalue weighted by Crippen LogP contribution is 2.37.